The van der Waals surface area contributed by atoms with Gasteiger partial charge in [0.15, 0.2) is 0 Å². The minimum absolute atomic E-state index is 0.603. The van der Waals surface area contributed by atoms with Gasteiger partial charge in [0.05, 0.1) is 0 Å². The minimum atomic E-state index is 0.603. The van der Waals surface area contributed by atoms with E-state index in [1.807, 2.05) is 40.2 Å². The lowest BCUT2D eigenvalue weighted by atomic mass is 9.94. The highest BCUT2D eigenvalue weighted by molar-refractivity contribution is 5.58. The van der Waals surface area contributed by atoms with Crippen LogP contribution in [0.3, 0.4) is 0 Å². The lowest BCUT2D eigenvalue weighted by molar-refractivity contribution is 0.312. The van der Waals surface area contributed by atoms with E-state index in [9.17, 15) is 0 Å². The Labute approximate surface area is 203 Å². The third-order valence-electron chi connectivity index (χ3n) is 6.34. The number of aryl methyl sites for hydroxylation is 2. The zero-order valence-electron chi connectivity index (χ0n) is 22.0. The molecule has 0 spiro atoms. The zero-order valence-corrected chi connectivity index (χ0v) is 22.0. The summed E-state index contributed by atoms with van der Waals surface area (Å²) in [5, 5.41) is 6.30. The summed E-state index contributed by atoms with van der Waals surface area (Å²) in [6, 6.07) is 11.6. The first-order chi connectivity index (χ1) is 16.1. The van der Waals surface area contributed by atoms with E-state index < -0.39 is 0 Å². The van der Waals surface area contributed by atoms with Crippen molar-refractivity contribution in [1.29, 1.82) is 0 Å². The standard InChI is InChI=1S/C15H23N3.C9H11N.C2H7N.C2H6/c1-12-10-14-13(11-16-12)4-3-5-15(14)18-8-6-17(2)7-9-18;1-2-6-9-8(4-1)5-3-7-10-9;1-3-2;1-2/h3-5,12,16H,6-11H2,1-2H3;3,5,7H,1-2,4,6H2;3H,1-2H3;1-2H3. The van der Waals surface area contributed by atoms with Gasteiger partial charge in [-0.2, -0.15) is 0 Å². The second-order valence-corrected chi connectivity index (χ2v) is 9.01. The summed E-state index contributed by atoms with van der Waals surface area (Å²) in [7, 11) is 5.96. The maximum absolute atomic E-state index is 4.32. The van der Waals surface area contributed by atoms with E-state index in [-0.39, 0.29) is 0 Å². The summed E-state index contributed by atoms with van der Waals surface area (Å²) >= 11 is 0. The molecule has 1 aromatic heterocycles. The maximum Gasteiger partial charge on any atom is 0.0435 e. The molecule has 1 atom stereocenters. The first kappa shape index (κ1) is 27.3. The molecule has 0 radical (unpaired) electrons. The van der Waals surface area contributed by atoms with Crippen molar-refractivity contribution in [2.75, 3.05) is 52.2 Å². The van der Waals surface area contributed by atoms with E-state index in [0.29, 0.717) is 6.04 Å². The molecule has 1 fully saturated rings. The van der Waals surface area contributed by atoms with Gasteiger partial charge in [-0.05, 0) is 89.0 Å². The molecule has 2 aromatic rings. The molecule has 0 bridgehead atoms. The summed E-state index contributed by atoms with van der Waals surface area (Å²) in [6.07, 6.45) is 8.16. The van der Waals surface area contributed by atoms with Gasteiger partial charge in [-0.1, -0.05) is 32.0 Å². The molecule has 5 rings (SSSR count). The quantitative estimate of drug-likeness (QED) is 0.674. The fourth-order valence-corrected chi connectivity index (χ4v) is 4.56. The van der Waals surface area contributed by atoms with Crippen LogP contribution < -0.4 is 15.5 Å². The summed E-state index contributed by atoms with van der Waals surface area (Å²) in [5.74, 6) is 0. The van der Waals surface area contributed by atoms with E-state index >= 15 is 0 Å². The van der Waals surface area contributed by atoms with Gasteiger partial charge in [0.1, 0.15) is 0 Å². The molecule has 184 valence electrons. The Bertz CT molecular complexity index is 774. The van der Waals surface area contributed by atoms with Crippen LogP contribution in [0, 0.1) is 0 Å². The molecule has 0 amide bonds. The number of hydrogen-bond donors (Lipinski definition) is 2. The molecule has 1 saturated heterocycles. The van der Waals surface area contributed by atoms with E-state index in [4.69, 9.17) is 0 Å². The Balaban J connectivity index is 0.000000217. The van der Waals surface area contributed by atoms with Crippen molar-refractivity contribution in [3.8, 4) is 0 Å². The molecule has 33 heavy (non-hydrogen) atoms. The molecule has 1 aliphatic carbocycles. The van der Waals surface area contributed by atoms with Gasteiger partial charge in [-0.25, -0.2) is 0 Å². The number of aromatic nitrogens is 1. The van der Waals surface area contributed by atoms with Gasteiger partial charge in [-0.3, -0.25) is 4.98 Å². The number of nitrogens with zero attached hydrogens (tertiary/aromatic N) is 3. The average Bonchev–Trinajstić information content (AvgIpc) is 2.86. The Morgan fingerprint density at radius 2 is 1.61 bits per heavy atom. The third kappa shape index (κ3) is 8.40. The smallest absolute Gasteiger partial charge is 0.0435 e. The van der Waals surface area contributed by atoms with Crippen molar-refractivity contribution in [3.63, 3.8) is 0 Å². The van der Waals surface area contributed by atoms with Gasteiger partial charge in [0, 0.05) is 56.3 Å². The number of fused-ring (bicyclic) bond motifs is 2. The summed E-state index contributed by atoms with van der Waals surface area (Å²) < 4.78 is 0. The SMILES string of the molecule is CC.CC1Cc2c(cccc2N2CCN(C)CC2)CN1.CNC.c1cnc2c(c1)CCCC2. The van der Waals surface area contributed by atoms with Crippen LogP contribution in [0.1, 0.15) is 56.0 Å². The number of piperazine rings is 1. The Morgan fingerprint density at radius 3 is 2.30 bits per heavy atom. The number of pyridine rings is 1. The zero-order chi connectivity index (χ0) is 24.1. The van der Waals surface area contributed by atoms with Crippen molar-refractivity contribution in [2.45, 2.75) is 65.5 Å². The fraction of sp³-hybridized carbons (Fsp3) is 0.607. The molecule has 1 aromatic carbocycles. The molecule has 3 aliphatic rings. The van der Waals surface area contributed by atoms with E-state index in [2.05, 4.69) is 63.7 Å². The van der Waals surface area contributed by atoms with Crippen LogP contribution in [0.25, 0.3) is 0 Å². The summed E-state index contributed by atoms with van der Waals surface area (Å²) in [4.78, 5) is 9.30. The van der Waals surface area contributed by atoms with Gasteiger partial charge in [-0.15, -0.1) is 0 Å². The number of rotatable bonds is 1. The molecule has 1 unspecified atom stereocenters. The van der Waals surface area contributed by atoms with Crippen molar-refractivity contribution in [3.05, 3.63) is 58.9 Å². The van der Waals surface area contributed by atoms with E-state index in [1.165, 1.54) is 61.3 Å². The average molecular weight is 454 g/mol. The van der Waals surface area contributed by atoms with Crippen molar-refractivity contribution < 1.29 is 0 Å². The van der Waals surface area contributed by atoms with E-state index in [1.54, 1.807) is 5.56 Å². The normalized spacial score (nSPS) is 19.3. The molecular weight excluding hydrogens is 406 g/mol. The molecule has 5 heteroatoms. The van der Waals surface area contributed by atoms with Gasteiger partial charge >= 0.3 is 0 Å². The number of likely N-dealkylation sites (N-methyl/N-ethyl adjacent to an activating group) is 1. The lowest BCUT2D eigenvalue weighted by Gasteiger charge is -2.37. The largest absolute Gasteiger partial charge is 0.369 e. The van der Waals surface area contributed by atoms with Crippen LogP contribution in [-0.2, 0) is 25.8 Å². The highest BCUT2D eigenvalue weighted by Gasteiger charge is 2.22. The number of hydrogen-bond acceptors (Lipinski definition) is 5. The molecule has 2 aliphatic heterocycles. The first-order valence-corrected chi connectivity index (χ1v) is 12.9. The Hall–Kier alpha value is -1.95. The maximum atomic E-state index is 4.32. The predicted octanol–water partition coefficient (Wildman–Crippen LogP) is 4.29. The minimum Gasteiger partial charge on any atom is -0.369 e. The third-order valence-corrected chi connectivity index (χ3v) is 6.34. The van der Waals surface area contributed by atoms with Crippen LogP contribution in [0.4, 0.5) is 5.69 Å². The first-order valence-electron chi connectivity index (χ1n) is 12.9. The van der Waals surface area contributed by atoms with Gasteiger partial charge in [0.2, 0.25) is 0 Å². The molecule has 2 N–H and O–H groups in total. The predicted molar refractivity (Wildman–Crippen MR) is 143 cm³/mol. The van der Waals surface area contributed by atoms with E-state index in [0.717, 1.165) is 26.1 Å². The van der Waals surface area contributed by atoms with Crippen molar-refractivity contribution >= 4 is 5.69 Å². The summed E-state index contributed by atoms with van der Waals surface area (Å²) in [5.41, 5.74) is 7.34. The fourth-order valence-electron chi connectivity index (χ4n) is 4.56. The Morgan fingerprint density at radius 1 is 0.939 bits per heavy atom. The topological polar surface area (TPSA) is 43.4 Å². The number of benzene rings is 1. The Kier molecular flexibility index (Phi) is 12.4. The van der Waals surface area contributed by atoms with Crippen LogP contribution in [0.15, 0.2) is 36.5 Å². The van der Waals surface area contributed by atoms with Gasteiger partial charge in [0.25, 0.3) is 0 Å². The van der Waals surface area contributed by atoms with Crippen molar-refractivity contribution in [2.24, 2.45) is 0 Å². The van der Waals surface area contributed by atoms with Crippen LogP contribution >= 0.6 is 0 Å². The number of anilines is 1. The van der Waals surface area contributed by atoms with Crippen LogP contribution in [0.2, 0.25) is 0 Å². The molecular formula is C28H47N5. The second kappa shape index (κ2) is 15.0. The van der Waals surface area contributed by atoms with Gasteiger partial charge < -0.3 is 20.4 Å². The molecule has 0 saturated carbocycles. The highest BCUT2D eigenvalue weighted by atomic mass is 15.2. The van der Waals surface area contributed by atoms with Crippen LogP contribution in [-0.4, -0.2) is 63.2 Å². The second-order valence-electron chi connectivity index (χ2n) is 9.01. The highest BCUT2D eigenvalue weighted by Crippen LogP contribution is 2.28. The summed E-state index contributed by atoms with van der Waals surface area (Å²) in [6.45, 7) is 12.0. The molecule has 5 nitrogen and oxygen atoms in total. The van der Waals surface area contributed by atoms with Crippen molar-refractivity contribution in [1.82, 2.24) is 20.5 Å². The number of nitrogens with one attached hydrogen (secondary N) is 2. The lowest BCUT2D eigenvalue weighted by Crippen LogP contribution is -2.45. The monoisotopic (exact) mass is 453 g/mol. The van der Waals surface area contributed by atoms with Crippen LogP contribution in [0.5, 0.6) is 0 Å². The molecule has 3 heterocycles.